The Morgan fingerprint density at radius 2 is 0.479 bits per heavy atom. The van der Waals surface area contributed by atoms with Gasteiger partial charge in [-0.25, -0.2) is 0 Å². The number of aliphatic hydroxyl groups excluding tert-OH is 1. The topological polar surface area (TPSA) is 550 Å². The van der Waals surface area contributed by atoms with Gasteiger partial charge in [0.25, 0.3) is 0 Å². The van der Waals surface area contributed by atoms with E-state index in [1.54, 1.807) is 20.8 Å². The molecule has 2 aromatic rings. The van der Waals surface area contributed by atoms with Crippen molar-refractivity contribution in [3.8, 4) is 0 Å². The number of nitrogens with zero attached hydrogens (tertiary/aromatic N) is 1. The van der Waals surface area contributed by atoms with Gasteiger partial charge in [0.05, 0.1) is 0 Å². The average Bonchev–Trinajstić information content (AvgIpc) is 3.66. The molecule has 25 nitrogen and oxygen atoms in total. The van der Waals surface area contributed by atoms with Crippen molar-refractivity contribution >= 4 is 80.6 Å². The van der Waals surface area contributed by atoms with Gasteiger partial charge in [-0.1, -0.05) is 218 Å². The molecule has 1 amide bonds. The number of aliphatic hydroxyl groups is 1. The van der Waals surface area contributed by atoms with Crippen LogP contribution >= 0.6 is 0 Å². The molecule has 1 aliphatic rings. The summed E-state index contributed by atoms with van der Waals surface area (Å²) in [4.78, 5) is 101. The molecule has 94 heavy (non-hydrogen) atoms. The van der Waals surface area contributed by atoms with E-state index in [-0.39, 0.29) is 36.6 Å². The molecule has 0 saturated carbocycles. The molecule has 1 aliphatic heterocycles. The normalized spacial score (nSPS) is 7.05. The van der Waals surface area contributed by atoms with Gasteiger partial charge in [0, 0.05) is 26.1 Å². The summed E-state index contributed by atoms with van der Waals surface area (Å²) >= 11 is 0. The molecule has 1 heterocycles. The summed E-state index contributed by atoms with van der Waals surface area (Å²) in [5.74, 6) is 3.77. The van der Waals surface area contributed by atoms with Gasteiger partial charge in [0.1, 0.15) is 74.7 Å². The maximum atomic E-state index is 10.7. The van der Waals surface area contributed by atoms with Crippen LogP contribution in [0.3, 0.4) is 0 Å². The second-order valence-corrected chi connectivity index (χ2v) is 15.0. The predicted molar refractivity (Wildman–Crippen MR) is 422 cm³/mol. The molecule has 0 aliphatic carbocycles. The van der Waals surface area contributed by atoms with Crippen LogP contribution in [0.15, 0.2) is 60.7 Å². The number of carbonyl (C=O) groups excluding carboxylic acids is 12. The minimum Gasteiger partial charge on any atom is -0.394 e. The van der Waals surface area contributed by atoms with Gasteiger partial charge in [0.2, 0.25) is 5.91 Å². The van der Waals surface area contributed by atoms with E-state index in [9.17, 15) is 4.79 Å². The third-order valence-corrected chi connectivity index (χ3v) is 7.57. The summed E-state index contributed by atoms with van der Waals surface area (Å²) in [5, 5.41) is 8.06. The first-order valence-corrected chi connectivity index (χ1v) is 29.8. The predicted octanol–water partition coefficient (Wildman–Crippen LogP) is 12.2. The third-order valence-electron chi connectivity index (χ3n) is 7.57. The zero-order valence-corrected chi connectivity index (χ0v) is 67.1. The first kappa shape index (κ1) is 191. The molecule has 0 bridgehead atoms. The Labute approximate surface area is 584 Å². The van der Waals surface area contributed by atoms with E-state index in [0.717, 1.165) is 56.1 Å². The second kappa shape index (κ2) is 349. The highest BCUT2D eigenvalue weighted by molar-refractivity contribution is 5.73. The van der Waals surface area contributed by atoms with Gasteiger partial charge >= 0.3 is 0 Å². The number of benzene rings is 2. The quantitative estimate of drug-likeness (QED) is 0.128. The zero-order chi connectivity index (χ0) is 79.8. The number of piperidine rings is 1. The minimum atomic E-state index is -0.167. The van der Waals surface area contributed by atoms with Crippen LogP contribution in [0.25, 0.3) is 0 Å². The smallest absolute Gasteiger partial charge is 0.219 e. The fraction of sp³-hybridized carbons (Fsp3) is 0.652. The molecular formula is C69H172N12O13. The molecule has 27 N–H and O–H groups in total. The maximum absolute atomic E-state index is 10.7. The summed E-state index contributed by atoms with van der Waals surface area (Å²) < 4.78 is 0. The second-order valence-electron chi connectivity index (χ2n) is 15.0. The molecule has 1 fully saturated rings. The lowest BCUT2D eigenvalue weighted by molar-refractivity contribution is -0.129. The standard InChI is InChI=1S/2C8H10.C7H13NO.4C5H12.C3H8O.C2H7N.2C2H6.6CH5N.11CH2O.4H3N/c2*1-2-8-6-4-3-5-7-8;1-7(9)8-5-3-2-4-6-8;4*1-4-5(2)3;1-3(2)4;1-2-3;19*1-2;;;;/h2*3-7H,2H2,1H3;2-6H2,1H3;4*5H,4H2,1-3H3;3-4H,1-2H3;2-3H2,1H3;2*1-2H3;6*2H2,1H3;11*1H2;4*1H3. The Morgan fingerprint density at radius 1 is 0.362 bits per heavy atom. The van der Waals surface area contributed by atoms with Crippen LogP contribution in [0.5, 0.6) is 0 Å². The molecular weight excluding hydrogens is 1200 g/mol. The summed E-state index contributed by atoms with van der Waals surface area (Å²) in [6.45, 7) is 70.6. The lowest BCUT2D eigenvalue weighted by Crippen LogP contribution is -2.33. The first-order chi connectivity index (χ1) is 43.4. The molecule has 0 aromatic heterocycles. The van der Waals surface area contributed by atoms with E-state index < -0.39 is 0 Å². The molecule has 0 atom stereocenters. The molecule has 1 saturated heterocycles. The van der Waals surface area contributed by atoms with Crippen LogP contribution in [0, 0.1) is 23.7 Å². The van der Waals surface area contributed by atoms with Crippen molar-refractivity contribution in [1.82, 2.24) is 29.5 Å². The Balaban J connectivity index is -0.0000000177. The van der Waals surface area contributed by atoms with Gasteiger partial charge in [-0.05, 0) is 130 Å². The van der Waals surface area contributed by atoms with Crippen molar-refractivity contribution in [3.63, 3.8) is 0 Å². The van der Waals surface area contributed by atoms with Crippen LogP contribution in [0.4, 0.5) is 0 Å². The van der Waals surface area contributed by atoms with Gasteiger partial charge in [-0.3, -0.25) is 4.79 Å². The zero-order valence-electron chi connectivity index (χ0n) is 67.1. The SMILES string of the molecule is C=O.C=O.C=O.C=O.C=O.C=O.C=O.C=O.C=O.C=O.C=O.CC.CC.CC(=O)N1CCCCC1.CC(C)O.CCC(C)C.CCC(C)C.CCC(C)C.CCC(C)C.CCN.CCc1ccccc1.CCc1ccccc1.CN.CN.CN.CN.CN.CN.N.N.N.N. The van der Waals surface area contributed by atoms with E-state index in [1.807, 2.05) is 126 Å². The lowest BCUT2D eigenvalue weighted by atomic mass is 10.1. The molecule has 0 spiro atoms. The highest BCUT2D eigenvalue weighted by atomic mass is 16.3. The number of carbonyl (C=O) groups is 12. The lowest BCUT2D eigenvalue weighted by Gasteiger charge is -2.24. The van der Waals surface area contributed by atoms with E-state index in [4.69, 9.17) is 63.6 Å². The number of rotatable bonds is 6. The Morgan fingerprint density at radius 3 is 0.543 bits per heavy atom. The number of hydrogen-bond donors (Lipinski definition) is 12. The van der Waals surface area contributed by atoms with Crippen molar-refractivity contribution in [2.24, 2.45) is 63.8 Å². The van der Waals surface area contributed by atoms with E-state index in [1.165, 1.54) is 98.4 Å². The molecule has 0 radical (unpaired) electrons. The van der Waals surface area contributed by atoms with Crippen LogP contribution in [0.2, 0.25) is 0 Å². The first-order valence-electron chi connectivity index (χ1n) is 29.8. The van der Waals surface area contributed by atoms with Crippen LogP contribution in [0.1, 0.15) is 208 Å². The fourth-order valence-corrected chi connectivity index (χ4v) is 2.64. The average molecular weight is 1380 g/mol. The van der Waals surface area contributed by atoms with Crippen molar-refractivity contribution in [2.75, 3.05) is 61.9 Å². The number of aryl methyl sites for hydroxylation is 2. The van der Waals surface area contributed by atoms with Gasteiger partial charge < -0.3 is 127 Å². The maximum Gasteiger partial charge on any atom is 0.219 e. The Bertz CT molecular complexity index is 996. The van der Waals surface area contributed by atoms with Gasteiger partial charge in [-0.15, -0.1) is 0 Å². The molecule has 0 unspecified atom stereocenters. The number of amides is 1. The highest BCUT2D eigenvalue weighted by Gasteiger charge is 2.11. The fourth-order valence-electron chi connectivity index (χ4n) is 2.64. The summed E-state index contributed by atoms with van der Waals surface area (Å²) in [6.07, 6.45) is 11.0. The van der Waals surface area contributed by atoms with E-state index in [0.29, 0.717) is 0 Å². The van der Waals surface area contributed by atoms with Crippen LogP contribution < -0.4 is 64.7 Å². The van der Waals surface area contributed by atoms with Crippen molar-refractivity contribution in [1.29, 1.82) is 0 Å². The van der Waals surface area contributed by atoms with Crippen molar-refractivity contribution in [2.45, 2.75) is 216 Å². The summed E-state index contributed by atoms with van der Waals surface area (Å²) in [5.41, 5.74) is 34.7. The van der Waals surface area contributed by atoms with Crippen molar-refractivity contribution < 1.29 is 62.6 Å². The Hall–Kier alpha value is -6.20. The van der Waals surface area contributed by atoms with E-state index >= 15 is 0 Å². The molecule has 25 heteroatoms. The largest absolute Gasteiger partial charge is 0.394 e. The number of hydrogen-bond acceptors (Lipinski definition) is 24. The summed E-state index contributed by atoms with van der Waals surface area (Å²) in [7, 11) is 9.00. The molecule has 2 aromatic carbocycles. The highest BCUT2D eigenvalue weighted by Crippen LogP contribution is 2.07. The molecule has 3 rings (SSSR count). The molecule has 586 valence electrons. The van der Waals surface area contributed by atoms with Gasteiger partial charge in [0.15, 0.2) is 0 Å². The number of likely N-dealkylation sites (tertiary alicyclic amines) is 1. The number of nitrogens with two attached hydrogens (primary N) is 7. The van der Waals surface area contributed by atoms with E-state index in [2.05, 4.69) is 180 Å². The third kappa shape index (κ3) is 540. The minimum absolute atomic E-state index is 0. The summed E-state index contributed by atoms with van der Waals surface area (Å²) in [6, 6.07) is 20.9. The Kier molecular flexibility index (Phi) is 710. The van der Waals surface area contributed by atoms with Crippen LogP contribution in [-0.2, 0) is 70.4 Å². The van der Waals surface area contributed by atoms with Crippen LogP contribution in [-0.4, -0.2) is 159 Å². The van der Waals surface area contributed by atoms with Crippen molar-refractivity contribution in [3.05, 3.63) is 71.8 Å². The van der Waals surface area contributed by atoms with Gasteiger partial charge in [-0.2, -0.15) is 0 Å². The monoisotopic (exact) mass is 1380 g/mol.